The lowest BCUT2D eigenvalue weighted by Crippen LogP contribution is -2.45. The van der Waals surface area contributed by atoms with E-state index in [4.69, 9.17) is 4.42 Å². The van der Waals surface area contributed by atoms with Gasteiger partial charge in [0.05, 0.1) is 11.8 Å². The minimum atomic E-state index is -0.602. The third-order valence-electron chi connectivity index (χ3n) is 4.08. The Hall–Kier alpha value is -3.02. The average Bonchev–Trinajstić information content (AvgIpc) is 3.28. The Morgan fingerprint density at radius 2 is 2.04 bits per heavy atom. The van der Waals surface area contributed by atoms with E-state index in [0.717, 1.165) is 13.0 Å². The summed E-state index contributed by atoms with van der Waals surface area (Å²) in [6.07, 6.45) is 5.64. The van der Waals surface area contributed by atoms with Crippen molar-refractivity contribution < 1.29 is 14.0 Å². The summed E-state index contributed by atoms with van der Waals surface area (Å²) in [6.45, 7) is 3.04. The molecule has 0 aliphatic rings. The molecule has 2 N–H and O–H groups in total. The Kier molecular flexibility index (Phi) is 5.18. The predicted octanol–water partition coefficient (Wildman–Crippen LogP) is 2.56. The van der Waals surface area contributed by atoms with Crippen LogP contribution in [-0.2, 0) is 11.3 Å². The zero-order chi connectivity index (χ0) is 17.6. The number of carbonyl (C=O) groups is 2. The van der Waals surface area contributed by atoms with E-state index in [2.05, 4.69) is 39.6 Å². The normalized spacial score (nSPS) is 12.0. The molecule has 0 spiro atoms. The standard InChI is InChI=1S/C19H21N3O3/c1-14(21-19(24)16-8-12-25-13-16)18(23)20-9-4-10-22-11-7-15-5-2-3-6-17(15)22/h2-3,5-8,11-14H,4,9-10H2,1H3,(H,20,23)(H,21,24). The van der Waals surface area contributed by atoms with Crippen molar-refractivity contribution in [3.63, 3.8) is 0 Å². The number of aromatic nitrogens is 1. The summed E-state index contributed by atoms with van der Waals surface area (Å²) in [4.78, 5) is 23.9. The van der Waals surface area contributed by atoms with E-state index in [0.29, 0.717) is 12.1 Å². The van der Waals surface area contributed by atoms with Crippen molar-refractivity contribution in [2.24, 2.45) is 0 Å². The molecule has 6 heteroatoms. The molecule has 1 unspecified atom stereocenters. The minimum absolute atomic E-state index is 0.200. The van der Waals surface area contributed by atoms with Crippen molar-refractivity contribution in [1.29, 1.82) is 0 Å². The third-order valence-corrected chi connectivity index (χ3v) is 4.08. The van der Waals surface area contributed by atoms with Gasteiger partial charge >= 0.3 is 0 Å². The monoisotopic (exact) mass is 339 g/mol. The molecule has 0 bridgehead atoms. The molecule has 6 nitrogen and oxygen atoms in total. The molecule has 0 radical (unpaired) electrons. The van der Waals surface area contributed by atoms with Crippen LogP contribution in [0.5, 0.6) is 0 Å². The first-order valence-electron chi connectivity index (χ1n) is 8.30. The van der Waals surface area contributed by atoms with Gasteiger partial charge in [0.15, 0.2) is 0 Å². The fourth-order valence-corrected chi connectivity index (χ4v) is 2.69. The van der Waals surface area contributed by atoms with Crippen molar-refractivity contribution in [3.8, 4) is 0 Å². The van der Waals surface area contributed by atoms with E-state index in [1.54, 1.807) is 13.0 Å². The first kappa shape index (κ1) is 16.8. The van der Waals surface area contributed by atoms with Gasteiger partial charge in [-0.1, -0.05) is 18.2 Å². The molecule has 0 aliphatic heterocycles. The summed E-state index contributed by atoms with van der Waals surface area (Å²) in [6, 6.07) is 11.2. The van der Waals surface area contributed by atoms with Crippen LogP contribution >= 0.6 is 0 Å². The maximum Gasteiger partial charge on any atom is 0.255 e. The Balaban J connectivity index is 1.42. The van der Waals surface area contributed by atoms with Gasteiger partial charge in [-0.15, -0.1) is 0 Å². The number of rotatable bonds is 7. The van der Waals surface area contributed by atoms with E-state index >= 15 is 0 Å². The number of furan rings is 1. The van der Waals surface area contributed by atoms with Crippen LogP contribution in [-0.4, -0.2) is 29.0 Å². The Bertz CT molecular complexity index is 852. The second kappa shape index (κ2) is 7.70. The number of hydrogen-bond donors (Lipinski definition) is 2. The third kappa shape index (κ3) is 4.09. The molecule has 2 heterocycles. The first-order chi connectivity index (χ1) is 12.1. The van der Waals surface area contributed by atoms with Crippen LogP contribution in [0.4, 0.5) is 0 Å². The molecule has 0 fully saturated rings. The number of carbonyl (C=O) groups excluding carboxylic acids is 2. The molecule has 1 aromatic carbocycles. The van der Waals surface area contributed by atoms with Crippen molar-refractivity contribution in [3.05, 3.63) is 60.7 Å². The van der Waals surface area contributed by atoms with Crippen molar-refractivity contribution in [2.75, 3.05) is 6.54 Å². The molecule has 0 saturated carbocycles. The second-order valence-electron chi connectivity index (χ2n) is 5.92. The second-order valence-corrected chi connectivity index (χ2v) is 5.92. The first-order valence-corrected chi connectivity index (χ1v) is 8.30. The van der Waals surface area contributed by atoms with E-state index in [9.17, 15) is 9.59 Å². The lowest BCUT2D eigenvalue weighted by Gasteiger charge is -2.14. The number of nitrogens with zero attached hydrogens (tertiary/aromatic N) is 1. The van der Waals surface area contributed by atoms with Gasteiger partial charge in [0, 0.05) is 24.8 Å². The van der Waals surface area contributed by atoms with Crippen molar-refractivity contribution >= 4 is 22.7 Å². The highest BCUT2D eigenvalue weighted by Crippen LogP contribution is 2.15. The summed E-state index contributed by atoms with van der Waals surface area (Å²) in [5.41, 5.74) is 1.59. The summed E-state index contributed by atoms with van der Waals surface area (Å²) >= 11 is 0. The lowest BCUT2D eigenvalue weighted by molar-refractivity contribution is -0.122. The van der Waals surface area contributed by atoms with Gasteiger partial charge in [0.2, 0.25) is 5.91 Å². The molecule has 3 aromatic rings. The Labute approximate surface area is 145 Å². The van der Waals surface area contributed by atoms with E-state index in [-0.39, 0.29) is 11.8 Å². The van der Waals surface area contributed by atoms with Crippen LogP contribution in [0.2, 0.25) is 0 Å². The van der Waals surface area contributed by atoms with Gasteiger partial charge in [-0.25, -0.2) is 0 Å². The molecule has 2 aromatic heterocycles. The molecule has 25 heavy (non-hydrogen) atoms. The number of fused-ring (bicyclic) bond motifs is 1. The SMILES string of the molecule is CC(NC(=O)c1ccoc1)C(=O)NCCCn1ccc2ccccc21. The molecule has 130 valence electrons. The van der Waals surface area contributed by atoms with E-state index < -0.39 is 6.04 Å². The van der Waals surface area contributed by atoms with Gasteiger partial charge in [-0.05, 0) is 36.9 Å². The highest BCUT2D eigenvalue weighted by molar-refractivity contribution is 5.97. The molecule has 3 rings (SSSR count). The highest BCUT2D eigenvalue weighted by Gasteiger charge is 2.16. The fraction of sp³-hybridized carbons (Fsp3) is 0.263. The molecule has 2 amide bonds. The van der Waals surface area contributed by atoms with Crippen LogP contribution in [0, 0.1) is 0 Å². The van der Waals surface area contributed by atoms with Crippen LogP contribution in [0.1, 0.15) is 23.7 Å². The number of para-hydroxylation sites is 1. The number of nitrogens with one attached hydrogen (secondary N) is 2. The van der Waals surface area contributed by atoms with Gasteiger partial charge in [0.1, 0.15) is 12.3 Å². The molecule has 0 aliphatic carbocycles. The number of hydrogen-bond acceptors (Lipinski definition) is 3. The number of amides is 2. The topological polar surface area (TPSA) is 76.3 Å². The predicted molar refractivity (Wildman–Crippen MR) is 95.2 cm³/mol. The van der Waals surface area contributed by atoms with Crippen LogP contribution < -0.4 is 10.6 Å². The molecule has 1 atom stereocenters. The lowest BCUT2D eigenvalue weighted by atomic mass is 10.2. The zero-order valence-electron chi connectivity index (χ0n) is 14.1. The quantitative estimate of drug-likeness (QED) is 0.650. The fourth-order valence-electron chi connectivity index (χ4n) is 2.69. The summed E-state index contributed by atoms with van der Waals surface area (Å²) in [7, 11) is 0. The van der Waals surface area contributed by atoms with Gasteiger partial charge in [-0.2, -0.15) is 0 Å². The molecular weight excluding hydrogens is 318 g/mol. The van der Waals surface area contributed by atoms with Gasteiger partial charge < -0.3 is 19.6 Å². The zero-order valence-corrected chi connectivity index (χ0v) is 14.1. The minimum Gasteiger partial charge on any atom is -0.472 e. The maximum atomic E-state index is 12.1. The van der Waals surface area contributed by atoms with Gasteiger partial charge in [0.25, 0.3) is 5.91 Å². The van der Waals surface area contributed by atoms with Crippen LogP contribution in [0.3, 0.4) is 0 Å². The molecular formula is C19H21N3O3. The highest BCUT2D eigenvalue weighted by atomic mass is 16.3. The van der Waals surface area contributed by atoms with Crippen molar-refractivity contribution in [1.82, 2.24) is 15.2 Å². The Morgan fingerprint density at radius 3 is 2.84 bits per heavy atom. The largest absolute Gasteiger partial charge is 0.472 e. The smallest absolute Gasteiger partial charge is 0.255 e. The van der Waals surface area contributed by atoms with Crippen LogP contribution in [0.25, 0.3) is 10.9 Å². The Morgan fingerprint density at radius 1 is 1.20 bits per heavy atom. The number of benzene rings is 1. The van der Waals surface area contributed by atoms with E-state index in [1.807, 2.05) is 12.1 Å². The summed E-state index contributed by atoms with van der Waals surface area (Å²) in [5.74, 6) is -0.524. The van der Waals surface area contributed by atoms with E-state index in [1.165, 1.54) is 23.4 Å². The summed E-state index contributed by atoms with van der Waals surface area (Å²) < 4.78 is 7.03. The summed E-state index contributed by atoms with van der Waals surface area (Å²) in [5, 5.41) is 6.71. The maximum absolute atomic E-state index is 12.1. The van der Waals surface area contributed by atoms with Crippen LogP contribution in [0.15, 0.2) is 59.5 Å². The molecule has 0 saturated heterocycles. The van der Waals surface area contributed by atoms with Gasteiger partial charge in [-0.3, -0.25) is 9.59 Å². The average molecular weight is 339 g/mol. The number of aryl methyl sites for hydroxylation is 1. The van der Waals surface area contributed by atoms with Crippen molar-refractivity contribution in [2.45, 2.75) is 25.9 Å².